The zero-order chi connectivity index (χ0) is 21.8. The van der Waals surface area contributed by atoms with Gasteiger partial charge in [0, 0.05) is 31.9 Å². The van der Waals surface area contributed by atoms with E-state index in [1.54, 1.807) is 12.1 Å². The minimum atomic E-state index is -3.92. The molecule has 10 heteroatoms. The van der Waals surface area contributed by atoms with Gasteiger partial charge in [0.25, 0.3) is 0 Å². The number of carboxylic acids is 1. The van der Waals surface area contributed by atoms with Gasteiger partial charge in [-0.2, -0.15) is 4.31 Å². The van der Waals surface area contributed by atoms with Crippen LogP contribution < -0.4 is 10.6 Å². The lowest BCUT2D eigenvalue weighted by molar-refractivity contribution is -0.140. The van der Waals surface area contributed by atoms with Gasteiger partial charge in [0.05, 0.1) is 6.54 Å². The molecule has 30 heavy (non-hydrogen) atoms. The van der Waals surface area contributed by atoms with Crippen LogP contribution in [0.4, 0.5) is 10.1 Å². The summed E-state index contributed by atoms with van der Waals surface area (Å²) < 4.78 is 40.0. The van der Waals surface area contributed by atoms with Crippen molar-refractivity contribution in [3.05, 3.63) is 30.1 Å². The summed E-state index contributed by atoms with van der Waals surface area (Å²) in [6.45, 7) is 3.38. The molecule has 1 unspecified atom stereocenters. The number of hydrogen-bond donors (Lipinski definition) is 2. The van der Waals surface area contributed by atoms with E-state index in [1.165, 1.54) is 16.4 Å². The Balaban J connectivity index is 1.63. The van der Waals surface area contributed by atoms with Crippen molar-refractivity contribution in [1.29, 1.82) is 0 Å². The van der Waals surface area contributed by atoms with Gasteiger partial charge >= 0.3 is 5.97 Å². The Labute approximate surface area is 176 Å². The predicted octanol–water partition coefficient (Wildman–Crippen LogP) is 0.159. The van der Waals surface area contributed by atoms with Crippen molar-refractivity contribution in [2.45, 2.75) is 18.4 Å². The molecule has 2 saturated heterocycles. The molecule has 1 aromatic carbocycles. The molecule has 2 aliphatic heterocycles. The predicted molar refractivity (Wildman–Crippen MR) is 112 cm³/mol. The molecule has 164 valence electrons. The first-order chi connectivity index (χ1) is 14.2. The summed E-state index contributed by atoms with van der Waals surface area (Å²) in [6.07, 6.45) is 2.15. The van der Waals surface area contributed by atoms with Gasteiger partial charge in [-0.05, 0) is 50.2 Å². The van der Waals surface area contributed by atoms with Crippen molar-refractivity contribution in [2.75, 3.05) is 56.5 Å². The molecule has 3 N–H and O–H groups in total. The number of sulfonamides is 1. The molecule has 2 fully saturated rings. The maximum absolute atomic E-state index is 13.1. The number of piperazine rings is 1. The normalized spacial score (nSPS) is 20.4. The SMILES string of the molecule is NC(C#CCN1CCCC1)(CS(=O)(=O)N1CCN(c2ccc(F)cc2)CC1)C(=O)O. The Morgan fingerprint density at radius 2 is 1.70 bits per heavy atom. The topological polar surface area (TPSA) is 107 Å². The number of benzene rings is 1. The van der Waals surface area contributed by atoms with Crippen LogP contribution in [0.5, 0.6) is 0 Å². The number of halogens is 1. The first-order valence-corrected chi connectivity index (χ1v) is 11.5. The fourth-order valence-corrected chi connectivity index (χ4v) is 5.33. The average Bonchev–Trinajstić information content (AvgIpc) is 3.22. The van der Waals surface area contributed by atoms with Crippen LogP contribution in [0.25, 0.3) is 0 Å². The monoisotopic (exact) mass is 438 g/mol. The van der Waals surface area contributed by atoms with Gasteiger partial charge in [-0.3, -0.25) is 4.90 Å². The summed E-state index contributed by atoms with van der Waals surface area (Å²) in [5.41, 5.74) is 4.55. The third-order valence-corrected chi connectivity index (χ3v) is 7.40. The zero-order valence-corrected chi connectivity index (χ0v) is 17.6. The number of nitrogens with zero attached hydrogens (tertiary/aromatic N) is 3. The Kier molecular flexibility index (Phi) is 6.98. The van der Waals surface area contributed by atoms with Crippen molar-refractivity contribution in [3.8, 4) is 11.8 Å². The van der Waals surface area contributed by atoms with Crippen LogP contribution in [0.15, 0.2) is 24.3 Å². The molecule has 0 saturated carbocycles. The van der Waals surface area contributed by atoms with Gasteiger partial charge in [-0.25, -0.2) is 17.6 Å². The van der Waals surface area contributed by atoms with E-state index in [2.05, 4.69) is 16.7 Å². The van der Waals surface area contributed by atoms with Crippen LogP contribution in [0.2, 0.25) is 0 Å². The number of nitrogens with two attached hydrogens (primary N) is 1. The maximum atomic E-state index is 13.1. The highest BCUT2D eigenvalue weighted by Crippen LogP contribution is 2.19. The van der Waals surface area contributed by atoms with E-state index in [0.717, 1.165) is 31.6 Å². The van der Waals surface area contributed by atoms with Crippen LogP contribution in [-0.2, 0) is 14.8 Å². The van der Waals surface area contributed by atoms with Crippen molar-refractivity contribution >= 4 is 21.7 Å². The van der Waals surface area contributed by atoms with Crippen molar-refractivity contribution in [1.82, 2.24) is 9.21 Å². The van der Waals surface area contributed by atoms with E-state index in [9.17, 15) is 22.7 Å². The maximum Gasteiger partial charge on any atom is 0.337 e. The molecule has 0 radical (unpaired) electrons. The molecular weight excluding hydrogens is 411 g/mol. The third kappa shape index (κ3) is 5.49. The number of carboxylic acid groups (broad SMARTS) is 1. The number of aliphatic carboxylic acids is 1. The molecule has 0 amide bonds. The summed E-state index contributed by atoms with van der Waals surface area (Å²) >= 11 is 0. The second-order valence-corrected chi connectivity index (χ2v) is 9.65. The molecule has 0 bridgehead atoms. The Bertz CT molecular complexity index is 914. The quantitative estimate of drug-likeness (QED) is 0.609. The number of likely N-dealkylation sites (tertiary alicyclic amines) is 1. The van der Waals surface area contributed by atoms with Gasteiger partial charge < -0.3 is 15.7 Å². The lowest BCUT2D eigenvalue weighted by Crippen LogP contribution is -2.57. The van der Waals surface area contributed by atoms with Gasteiger partial charge in [0.15, 0.2) is 5.54 Å². The average molecular weight is 439 g/mol. The highest BCUT2D eigenvalue weighted by atomic mass is 32.2. The molecule has 3 rings (SSSR count). The first-order valence-electron chi connectivity index (χ1n) is 9.93. The highest BCUT2D eigenvalue weighted by molar-refractivity contribution is 7.89. The van der Waals surface area contributed by atoms with Crippen LogP contribution in [0, 0.1) is 17.7 Å². The molecule has 0 aromatic heterocycles. The summed E-state index contributed by atoms with van der Waals surface area (Å²) in [6, 6.07) is 6.00. The van der Waals surface area contributed by atoms with E-state index >= 15 is 0 Å². The molecule has 1 aromatic rings. The molecule has 0 spiro atoms. The minimum absolute atomic E-state index is 0.191. The molecular formula is C20H27FN4O4S. The summed E-state index contributed by atoms with van der Waals surface area (Å²) in [5, 5.41) is 9.54. The molecule has 0 aliphatic carbocycles. The smallest absolute Gasteiger partial charge is 0.337 e. The standard InChI is InChI=1S/C20H27FN4O4S/c21-17-4-6-18(7-5-17)24-12-14-25(15-13-24)30(28,29)16-20(22,19(26)27)8-3-11-23-9-1-2-10-23/h4-7H,1-2,9-16,22H2,(H,26,27). The van der Waals surface area contributed by atoms with Crippen LogP contribution in [0.1, 0.15) is 12.8 Å². The van der Waals surface area contributed by atoms with E-state index in [-0.39, 0.29) is 18.9 Å². The second-order valence-electron chi connectivity index (χ2n) is 7.68. The lowest BCUT2D eigenvalue weighted by atomic mass is 10.1. The largest absolute Gasteiger partial charge is 0.479 e. The minimum Gasteiger partial charge on any atom is -0.479 e. The van der Waals surface area contributed by atoms with Gasteiger partial charge in [-0.1, -0.05) is 11.8 Å². The Morgan fingerprint density at radius 1 is 1.10 bits per heavy atom. The van der Waals surface area contributed by atoms with Gasteiger partial charge in [0.1, 0.15) is 11.6 Å². The van der Waals surface area contributed by atoms with Crippen LogP contribution >= 0.6 is 0 Å². The number of carbonyl (C=O) groups is 1. The number of rotatable bonds is 6. The van der Waals surface area contributed by atoms with Gasteiger partial charge in [-0.15, -0.1) is 0 Å². The first kappa shape index (κ1) is 22.5. The summed E-state index contributed by atoms with van der Waals surface area (Å²) in [7, 11) is -3.92. The molecule has 2 aliphatic rings. The number of hydrogen-bond acceptors (Lipinski definition) is 6. The molecule has 8 nitrogen and oxygen atoms in total. The fourth-order valence-electron chi connectivity index (χ4n) is 3.66. The van der Waals surface area contributed by atoms with Gasteiger partial charge in [0.2, 0.25) is 10.0 Å². The van der Waals surface area contributed by atoms with Crippen molar-refractivity contribution < 1.29 is 22.7 Å². The Hall–Kier alpha value is -2.19. The zero-order valence-electron chi connectivity index (χ0n) is 16.8. The Morgan fingerprint density at radius 3 is 2.27 bits per heavy atom. The van der Waals surface area contributed by atoms with Crippen molar-refractivity contribution in [3.63, 3.8) is 0 Å². The highest BCUT2D eigenvalue weighted by Gasteiger charge is 2.40. The summed E-state index contributed by atoms with van der Waals surface area (Å²) in [4.78, 5) is 15.7. The van der Waals surface area contributed by atoms with Crippen molar-refractivity contribution in [2.24, 2.45) is 5.73 Å². The second kappa shape index (κ2) is 9.31. The van der Waals surface area contributed by atoms with Crippen LogP contribution in [0.3, 0.4) is 0 Å². The lowest BCUT2D eigenvalue weighted by Gasteiger charge is -2.36. The molecule has 2 heterocycles. The number of anilines is 1. The van der Waals surface area contributed by atoms with Crippen LogP contribution in [-0.4, -0.2) is 85.8 Å². The molecule has 1 atom stereocenters. The summed E-state index contributed by atoms with van der Waals surface area (Å²) in [5.74, 6) is 2.68. The fraction of sp³-hybridized carbons (Fsp3) is 0.550. The van der Waals surface area contributed by atoms with E-state index in [0.29, 0.717) is 19.6 Å². The van der Waals surface area contributed by atoms with E-state index in [4.69, 9.17) is 5.73 Å². The van der Waals surface area contributed by atoms with E-state index < -0.39 is 27.3 Å². The van der Waals surface area contributed by atoms with E-state index in [1.807, 2.05) is 4.90 Å². The third-order valence-electron chi connectivity index (χ3n) is 5.43.